The van der Waals surface area contributed by atoms with Crippen molar-refractivity contribution < 1.29 is 23.8 Å². The Labute approximate surface area is 187 Å². The van der Waals surface area contributed by atoms with E-state index in [-0.39, 0.29) is 25.4 Å². The van der Waals surface area contributed by atoms with Crippen molar-refractivity contribution in [3.8, 4) is 28.6 Å². The molecule has 0 unspecified atom stereocenters. The number of aliphatic hydroxyl groups is 1. The minimum Gasteiger partial charge on any atom is -0.491 e. The molecule has 0 saturated carbocycles. The molecule has 170 valence electrons. The van der Waals surface area contributed by atoms with Crippen molar-refractivity contribution in [2.75, 3.05) is 19.9 Å². The molecule has 3 atom stereocenters. The van der Waals surface area contributed by atoms with Crippen molar-refractivity contribution >= 4 is 0 Å². The summed E-state index contributed by atoms with van der Waals surface area (Å²) in [6, 6.07) is 13.1. The Kier molecular flexibility index (Phi) is 6.92. The number of aryl methyl sites for hydroxylation is 1. The number of nitrogens with zero attached hydrogens (tertiary/aromatic N) is 2. The number of aliphatic hydroxyl groups excluding tert-OH is 1. The molecule has 0 aliphatic carbocycles. The number of benzene rings is 2. The first-order chi connectivity index (χ1) is 15.5. The molecular weight excluding hydrogens is 410 g/mol. The molecule has 1 aliphatic rings. The summed E-state index contributed by atoms with van der Waals surface area (Å²) in [7, 11) is 0. The summed E-state index contributed by atoms with van der Waals surface area (Å²) in [5.41, 5.74) is 1.82. The van der Waals surface area contributed by atoms with E-state index >= 15 is 0 Å². The number of para-hydroxylation sites is 1. The van der Waals surface area contributed by atoms with E-state index in [9.17, 15) is 5.11 Å². The van der Waals surface area contributed by atoms with Crippen LogP contribution in [0.3, 0.4) is 0 Å². The predicted octanol–water partition coefficient (Wildman–Crippen LogP) is 3.89. The van der Waals surface area contributed by atoms with Crippen LogP contribution in [0.15, 0.2) is 47.0 Å². The highest BCUT2D eigenvalue weighted by atomic mass is 16.7. The fourth-order valence-electron chi connectivity index (χ4n) is 3.51. The molecule has 2 N–H and O–H groups in total. The quantitative estimate of drug-likeness (QED) is 0.491. The van der Waals surface area contributed by atoms with Crippen LogP contribution < -0.4 is 19.5 Å². The zero-order valence-electron chi connectivity index (χ0n) is 18.6. The summed E-state index contributed by atoms with van der Waals surface area (Å²) in [4.78, 5) is 4.61. The van der Waals surface area contributed by atoms with Crippen molar-refractivity contribution in [3.63, 3.8) is 0 Å². The molecule has 0 amide bonds. The molecule has 0 spiro atoms. The van der Waals surface area contributed by atoms with Gasteiger partial charge in [-0.15, -0.1) is 0 Å². The van der Waals surface area contributed by atoms with Gasteiger partial charge < -0.3 is 29.2 Å². The molecule has 0 fully saturated rings. The summed E-state index contributed by atoms with van der Waals surface area (Å²) in [6.45, 7) is 6.93. The molecule has 1 aliphatic heterocycles. The van der Waals surface area contributed by atoms with E-state index < -0.39 is 6.10 Å². The van der Waals surface area contributed by atoms with Crippen LogP contribution in [0.2, 0.25) is 0 Å². The van der Waals surface area contributed by atoms with Gasteiger partial charge in [0.05, 0.1) is 6.04 Å². The Balaban J connectivity index is 1.40. The lowest BCUT2D eigenvalue weighted by molar-refractivity contribution is 0.0983. The second-order valence-electron chi connectivity index (χ2n) is 8.03. The number of nitrogens with one attached hydrogen (secondary N) is 1. The van der Waals surface area contributed by atoms with Crippen molar-refractivity contribution in [1.29, 1.82) is 0 Å². The number of aromatic nitrogens is 2. The van der Waals surface area contributed by atoms with Crippen molar-refractivity contribution in [2.24, 2.45) is 5.92 Å². The molecular formula is C24H29N3O5. The largest absolute Gasteiger partial charge is 0.491 e. The first kappa shape index (κ1) is 22.1. The van der Waals surface area contributed by atoms with E-state index in [4.69, 9.17) is 18.7 Å². The maximum Gasteiger partial charge on any atom is 0.244 e. The summed E-state index contributed by atoms with van der Waals surface area (Å²) >= 11 is 0. The van der Waals surface area contributed by atoms with Crippen molar-refractivity contribution in [2.45, 2.75) is 39.3 Å². The highest BCUT2D eigenvalue weighted by molar-refractivity contribution is 5.61. The highest BCUT2D eigenvalue weighted by Crippen LogP contribution is 2.35. The Morgan fingerprint density at radius 3 is 2.78 bits per heavy atom. The zero-order valence-corrected chi connectivity index (χ0v) is 18.6. The van der Waals surface area contributed by atoms with Gasteiger partial charge in [0.2, 0.25) is 18.5 Å². The first-order valence-corrected chi connectivity index (χ1v) is 10.9. The standard InChI is InChI=1S/C24H29N3O5/c1-4-15(2)22(25-12-18(28)13-29-19-8-6-5-7-16(19)3)24-26-23(27-32-24)17-9-10-20-21(11-17)31-14-30-20/h5-11,15,18,22,25,28H,4,12-14H2,1-3H3/t15-,18-,22+/m0/s1. The number of hydrogen-bond acceptors (Lipinski definition) is 8. The van der Waals surface area contributed by atoms with E-state index in [2.05, 4.69) is 29.3 Å². The SMILES string of the molecule is CC[C@H](C)[C@@H](NC[C@H](O)COc1ccccc1C)c1nc(-c2ccc3c(c2)OCO3)no1. The van der Waals surface area contributed by atoms with Crippen LogP contribution in [0, 0.1) is 12.8 Å². The zero-order chi connectivity index (χ0) is 22.5. The maximum atomic E-state index is 10.4. The molecule has 0 bridgehead atoms. The number of rotatable bonds is 10. The first-order valence-electron chi connectivity index (χ1n) is 10.9. The Morgan fingerprint density at radius 2 is 1.97 bits per heavy atom. The fourth-order valence-corrected chi connectivity index (χ4v) is 3.51. The van der Waals surface area contributed by atoms with Crippen molar-refractivity contribution in [3.05, 3.63) is 53.9 Å². The maximum absolute atomic E-state index is 10.4. The van der Waals surface area contributed by atoms with Crippen molar-refractivity contribution in [1.82, 2.24) is 15.5 Å². The van der Waals surface area contributed by atoms with Gasteiger partial charge in [-0.2, -0.15) is 4.98 Å². The third-order valence-corrected chi connectivity index (χ3v) is 5.65. The molecule has 0 radical (unpaired) electrons. The summed E-state index contributed by atoms with van der Waals surface area (Å²) in [5.74, 6) is 3.34. The Hall–Kier alpha value is -3.10. The number of fused-ring (bicyclic) bond motifs is 1. The monoisotopic (exact) mass is 439 g/mol. The van der Waals surface area contributed by atoms with Gasteiger partial charge in [0.25, 0.3) is 0 Å². The molecule has 8 heteroatoms. The Bertz CT molecular complexity index is 1040. The fraction of sp³-hybridized carbons (Fsp3) is 0.417. The minimum atomic E-state index is -0.683. The van der Waals surface area contributed by atoms with Gasteiger partial charge in [-0.25, -0.2) is 0 Å². The number of hydrogen-bond donors (Lipinski definition) is 2. The second-order valence-corrected chi connectivity index (χ2v) is 8.03. The summed E-state index contributed by atoms with van der Waals surface area (Å²) in [6.07, 6.45) is 0.229. The van der Waals surface area contributed by atoms with Gasteiger partial charge in [-0.3, -0.25) is 0 Å². The second kappa shape index (κ2) is 10.0. The molecule has 2 heterocycles. The van der Waals surface area contributed by atoms with Gasteiger partial charge in [0.15, 0.2) is 11.5 Å². The van der Waals surface area contributed by atoms with Gasteiger partial charge in [0.1, 0.15) is 18.5 Å². The van der Waals surface area contributed by atoms with Crippen LogP contribution in [0.25, 0.3) is 11.4 Å². The molecule has 4 rings (SSSR count). The smallest absolute Gasteiger partial charge is 0.244 e. The minimum absolute atomic E-state index is 0.191. The highest BCUT2D eigenvalue weighted by Gasteiger charge is 2.26. The van der Waals surface area contributed by atoms with E-state index in [0.29, 0.717) is 29.8 Å². The molecule has 2 aromatic carbocycles. The van der Waals surface area contributed by atoms with Crippen LogP contribution in [0.5, 0.6) is 17.2 Å². The lowest BCUT2D eigenvalue weighted by Crippen LogP contribution is -2.36. The van der Waals surface area contributed by atoms with E-state index in [0.717, 1.165) is 23.3 Å². The normalized spacial score (nSPS) is 15.4. The predicted molar refractivity (Wildman–Crippen MR) is 119 cm³/mol. The van der Waals surface area contributed by atoms with E-state index in [1.54, 1.807) is 0 Å². The Morgan fingerprint density at radius 1 is 1.16 bits per heavy atom. The molecule has 0 saturated heterocycles. The van der Waals surface area contributed by atoms with Crippen LogP contribution in [-0.2, 0) is 0 Å². The van der Waals surface area contributed by atoms with Gasteiger partial charge in [-0.05, 0) is 42.7 Å². The van der Waals surface area contributed by atoms with Gasteiger partial charge in [-0.1, -0.05) is 43.6 Å². The molecule has 1 aromatic heterocycles. The number of ether oxygens (including phenoxy) is 3. The average molecular weight is 440 g/mol. The van der Waals surface area contributed by atoms with E-state index in [1.165, 1.54) is 0 Å². The van der Waals surface area contributed by atoms with Crippen LogP contribution >= 0.6 is 0 Å². The van der Waals surface area contributed by atoms with Crippen LogP contribution in [-0.4, -0.2) is 41.3 Å². The van der Waals surface area contributed by atoms with Gasteiger partial charge >= 0.3 is 0 Å². The molecule has 3 aromatic rings. The average Bonchev–Trinajstić information content (AvgIpc) is 3.47. The van der Waals surface area contributed by atoms with Crippen LogP contribution in [0.1, 0.15) is 37.8 Å². The van der Waals surface area contributed by atoms with Crippen LogP contribution in [0.4, 0.5) is 0 Å². The summed E-state index contributed by atoms with van der Waals surface area (Å²) in [5, 5.41) is 18.0. The lowest BCUT2D eigenvalue weighted by Gasteiger charge is -2.22. The van der Waals surface area contributed by atoms with Gasteiger partial charge in [0, 0.05) is 12.1 Å². The molecule has 8 nitrogen and oxygen atoms in total. The third kappa shape index (κ3) is 5.03. The lowest BCUT2D eigenvalue weighted by atomic mass is 9.99. The topological polar surface area (TPSA) is 98.9 Å². The van der Waals surface area contributed by atoms with E-state index in [1.807, 2.05) is 49.4 Å². The third-order valence-electron chi connectivity index (χ3n) is 5.65. The molecule has 32 heavy (non-hydrogen) atoms. The summed E-state index contributed by atoms with van der Waals surface area (Å²) < 4.78 is 22.1.